The number of phenolic OH excluding ortho intramolecular Hbond substituents is 1. The average molecular weight is 440 g/mol. The summed E-state index contributed by atoms with van der Waals surface area (Å²) in [5.74, 6) is 0.835. The monoisotopic (exact) mass is 440 g/mol. The van der Waals surface area contributed by atoms with Crippen LogP contribution >= 0.6 is 0 Å². The third-order valence-corrected chi connectivity index (χ3v) is 5.90. The summed E-state index contributed by atoms with van der Waals surface area (Å²) in [6, 6.07) is 21.8. The second-order valence-corrected chi connectivity index (χ2v) is 8.40. The molecule has 0 bridgehead atoms. The van der Waals surface area contributed by atoms with E-state index >= 15 is 0 Å². The molecule has 1 heterocycles. The number of phenols is 1. The molecule has 2 unspecified atom stereocenters. The van der Waals surface area contributed by atoms with Crippen molar-refractivity contribution in [3.05, 3.63) is 88.6 Å². The summed E-state index contributed by atoms with van der Waals surface area (Å²) in [4.78, 5) is 13.5. The van der Waals surface area contributed by atoms with Crippen molar-refractivity contribution in [2.75, 3.05) is 5.32 Å². The number of fused-ring (bicyclic) bond motifs is 1. The van der Waals surface area contributed by atoms with Gasteiger partial charge >= 0.3 is 0 Å². The van der Waals surface area contributed by atoms with E-state index in [0.717, 1.165) is 17.7 Å². The molecule has 3 N–H and O–H groups in total. The van der Waals surface area contributed by atoms with Gasteiger partial charge in [-0.15, -0.1) is 0 Å². The molecule has 0 aliphatic heterocycles. The smallest absolute Gasteiger partial charge is 0.235 e. The highest BCUT2D eigenvalue weighted by Crippen LogP contribution is 2.36. The van der Waals surface area contributed by atoms with Crippen LogP contribution in [0.4, 0.5) is 5.69 Å². The van der Waals surface area contributed by atoms with Crippen molar-refractivity contribution < 1.29 is 14.3 Å². The minimum atomic E-state index is -0.255. The molecule has 6 nitrogen and oxygen atoms in total. The lowest BCUT2D eigenvalue weighted by Gasteiger charge is -2.13. The zero-order chi connectivity index (χ0) is 22.9. The highest BCUT2D eigenvalue weighted by atomic mass is 16.5. The first kappa shape index (κ1) is 20.8. The van der Waals surface area contributed by atoms with Crippen molar-refractivity contribution in [3.63, 3.8) is 0 Å². The first-order chi connectivity index (χ1) is 16.0. The van der Waals surface area contributed by atoms with Gasteiger partial charge in [-0.05, 0) is 61.4 Å². The highest BCUT2D eigenvalue weighted by molar-refractivity contribution is 5.87. The lowest BCUT2D eigenvalue weighted by Crippen LogP contribution is -2.12. The van der Waals surface area contributed by atoms with Gasteiger partial charge in [-0.25, -0.2) is 0 Å². The van der Waals surface area contributed by atoms with Gasteiger partial charge in [0.25, 0.3) is 0 Å². The molecule has 33 heavy (non-hydrogen) atoms. The molecule has 1 aliphatic carbocycles. The number of hydrogen-bond acceptors (Lipinski definition) is 6. The van der Waals surface area contributed by atoms with Crippen molar-refractivity contribution in [3.8, 4) is 22.8 Å². The highest BCUT2D eigenvalue weighted by Gasteiger charge is 2.38. The molecule has 0 radical (unpaired) electrons. The van der Waals surface area contributed by atoms with Crippen LogP contribution in [0.1, 0.15) is 18.9 Å². The van der Waals surface area contributed by atoms with Crippen molar-refractivity contribution in [1.29, 1.82) is 5.41 Å². The lowest BCUT2D eigenvalue weighted by atomic mass is 10.1. The predicted octanol–water partition coefficient (Wildman–Crippen LogP) is 5.58. The van der Waals surface area contributed by atoms with Gasteiger partial charge in [0.1, 0.15) is 17.9 Å². The van der Waals surface area contributed by atoms with Crippen LogP contribution in [-0.4, -0.2) is 16.9 Å². The Morgan fingerprint density at radius 1 is 1.12 bits per heavy atom. The maximum absolute atomic E-state index is 13.5. The zero-order valence-corrected chi connectivity index (χ0v) is 18.2. The second kappa shape index (κ2) is 8.47. The Morgan fingerprint density at radius 2 is 1.88 bits per heavy atom. The number of rotatable bonds is 7. The molecule has 166 valence electrons. The molecule has 0 amide bonds. The van der Waals surface area contributed by atoms with Crippen molar-refractivity contribution >= 4 is 22.4 Å². The van der Waals surface area contributed by atoms with E-state index in [4.69, 9.17) is 14.6 Å². The van der Waals surface area contributed by atoms with Crippen LogP contribution in [0.25, 0.3) is 22.3 Å². The van der Waals surface area contributed by atoms with E-state index in [2.05, 4.69) is 5.32 Å². The Kier molecular flexibility index (Phi) is 5.34. The van der Waals surface area contributed by atoms with Crippen LogP contribution < -0.4 is 15.5 Å². The number of ether oxygens (including phenoxy) is 1. The van der Waals surface area contributed by atoms with Gasteiger partial charge < -0.3 is 25.0 Å². The summed E-state index contributed by atoms with van der Waals surface area (Å²) in [5.41, 5.74) is 3.26. The molecule has 1 aromatic heterocycles. The van der Waals surface area contributed by atoms with Gasteiger partial charge in [0.05, 0.1) is 5.39 Å². The number of benzene rings is 3. The van der Waals surface area contributed by atoms with Crippen molar-refractivity contribution in [1.82, 2.24) is 0 Å². The van der Waals surface area contributed by atoms with Gasteiger partial charge in [-0.1, -0.05) is 30.3 Å². The number of nitrogens with one attached hydrogen (secondary N) is 2. The fourth-order valence-electron chi connectivity index (χ4n) is 3.98. The SMILES string of the molecule is CC(=N)C1CC1Nc1ccc2oc(-c3ccc(O)cc3)c(OCc3ccccc3)c(=O)c2c1. The molecule has 0 saturated heterocycles. The summed E-state index contributed by atoms with van der Waals surface area (Å²) in [6.07, 6.45) is 0.924. The molecule has 1 saturated carbocycles. The zero-order valence-electron chi connectivity index (χ0n) is 18.2. The fraction of sp³-hybridized carbons (Fsp3) is 0.185. The van der Waals surface area contributed by atoms with E-state index in [0.29, 0.717) is 28.0 Å². The molecule has 2 atom stereocenters. The van der Waals surface area contributed by atoms with Crippen LogP contribution in [0.5, 0.6) is 11.5 Å². The first-order valence-electron chi connectivity index (χ1n) is 10.9. The number of hydrogen-bond donors (Lipinski definition) is 3. The molecule has 4 aromatic rings. The molecular weight excluding hydrogens is 416 g/mol. The largest absolute Gasteiger partial charge is 0.508 e. The van der Waals surface area contributed by atoms with Gasteiger partial charge in [0, 0.05) is 28.9 Å². The summed E-state index contributed by atoms with van der Waals surface area (Å²) in [5, 5.41) is 21.3. The van der Waals surface area contributed by atoms with Crippen LogP contribution in [-0.2, 0) is 6.61 Å². The summed E-state index contributed by atoms with van der Waals surface area (Å²) in [6.45, 7) is 2.05. The third kappa shape index (κ3) is 4.32. The molecule has 1 fully saturated rings. The minimum absolute atomic E-state index is 0.128. The Morgan fingerprint density at radius 3 is 2.58 bits per heavy atom. The lowest BCUT2D eigenvalue weighted by molar-refractivity contribution is 0.298. The maximum atomic E-state index is 13.5. The normalized spacial score (nSPS) is 17.0. The summed E-state index contributed by atoms with van der Waals surface area (Å²) in [7, 11) is 0. The van der Waals surface area contributed by atoms with Gasteiger partial charge in [0.15, 0.2) is 5.76 Å². The maximum Gasteiger partial charge on any atom is 0.235 e. The topological polar surface area (TPSA) is 95.6 Å². The number of aromatic hydroxyl groups is 1. The van der Waals surface area contributed by atoms with Crippen LogP contribution in [0, 0.1) is 11.3 Å². The van der Waals surface area contributed by atoms with Gasteiger partial charge in [-0.2, -0.15) is 0 Å². The van der Waals surface area contributed by atoms with Crippen molar-refractivity contribution in [2.24, 2.45) is 5.92 Å². The second-order valence-electron chi connectivity index (χ2n) is 8.40. The molecular formula is C27H24N2O4. The quantitative estimate of drug-likeness (QED) is 0.326. The van der Waals surface area contributed by atoms with Crippen LogP contribution in [0.3, 0.4) is 0 Å². The van der Waals surface area contributed by atoms with Gasteiger partial charge in [0.2, 0.25) is 11.2 Å². The Labute approximate surface area is 191 Å². The molecule has 5 rings (SSSR count). The van der Waals surface area contributed by atoms with E-state index in [-0.39, 0.29) is 35.5 Å². The Balaban J connectivity index is 1.55. The van der Waals surface area contributed by atoms with Crippen LogP contribution in [0.15, 0.2) is 82.0 Å². The Hall–Kier alpha value is -4.06. The fourth-order valence-corrected chi connectivity index (χ4v) is 3.98. The standard InChI is InChI=1S/C27H24N2O4/c1-16(28)21-14-23(21)29-19-9-12-24-22(13-19)25(31)27(32-15-17-5-3-2-4-6-17)26(33-24)18-7-10-20(30)11-8-18/h2-13,21,23,28-30H,14-15H2,1H3. The first-order valence-corrected chi connectivity index (χ1v) is 10.9. The van der Waals surface area contributed by atoms with E-state index in [1.807, 2.05) is 43.3 Å². The third-order valence-electron chi connectivity index (χ3n) is 5.90. The van der Waals surface area contributed by atoms with E-state index in [9.17, 15) is 9.90 Å². The van der Waals surface area contributed by atoms with Crippen LogP contribution in [0.2, 0.25) is 0 Å². The molecule has 1 aliphatic rings. The average Bonchev–Trinajstić information content (AvgIpc) is 3.59. The number of anilines is 1. The molecule has 6 heteroatoms. The summed E-state index contributed by atoms with van der Waals surface area (Å²) >= 11 is 0. The van der Waals surface area contributed by atoms with Gasteiger partial charge in [-0.3, -0.25) is 4.79 Å². The predicted molar refractivity (Wildman–Crippen MR) is 129 cm³/mol. The van der Waals surface area contributed by atoms with Crippen molar-refractivity contribution in [2.45, 2.75) is 26.0 Å². The molecule has 3 aromatic carbocycles. The minimum Gasteiger partial charge on any atom is -0.508 e. The molecule has 0 spiro atoms. The van der Waals surface area contributed by atoms with E-state index in [1.165, 1.54) is 0 Å². The van der Waals surface area contributed by atoms with E-state index in [1.54, 1.807) is 36.4 Å². The summed E-state index contributed by atoms with van der Waals surface area (Å²) < 4.78 is 12.2. The Bertz CT molecular complexity index is 1380. The van der Waals surface area contributed by atoms with E-state index < -0.39 is 0 Å².